The van der Waals surface area contributed by atoms with E-state index in [1.807, 2.05) is 12.1 Å². The van der Waals surface area contributed by atoms with Gasteiger partial charge in [0.05, 0.1) is 24.2 Å². The predicted molar refractivity (Wildman–Crippen MR) is 93.0 cm³/mol. The Bertz CT molecular complexity index is 1150. The molecule has 0 radical (unpaired) electrons. The lowest BCUT2D eigenvalue weighted by molar-refractivity contribution is 0.577. The van der Waals surface area contributed by atoms with E-state index in [2.05, 4.69) is 20.3 Å². The van der Waals surface area contributed by atoms with Gasteiger partial charge in [0.2, 0.25) is 10.0 Å². The first-order chi connectivity index (χ1) is 12.0. The maximum absolute atomic E-state index is 11.9. The molecule has 8 nitrogen and oxygen atoms in total. The number of aromatic nitrogens is 4. The summed E-state index contributed by atoms with van der Waals surface area (Å²) in [6.45, 7) is 0. The van der Waals surface area contributed by atoms with E-state index in [9.17, 15) is 8.42 Å². The summed E-state index contributed by atoms with van der Waals surface area (Å²) in [4.78, 5) is 12.4. The van der Waals surface area contributed by atoms with E-state index in [4.69, 9.17) is 4.42 Å². The van der Waals surface area contributed by atoms with E-state index in [-0.39, 0.29) is 0 Å². The Hall–Kier alpha value is -3.20. The molecule has 0 aromatic carbocycles. The number of hydrogen-bond donors (Lipinski definition) is 1. The van der Waals surface area contributed by atoms with Gasteiger partial charge in [-0.25, -0.2) is 22.4 Å². The Morgan fingerprint density at radius 3 is 2.80 bits per heavy atom. The van der Waals surface area contributed by atoms with Gasteiger partial charge in [-0.15, -0.1) is 0 Å². The molecule has 0 saturated heterocycles. The Balaban J connectivity index is 1.81. The first-order valence-corrected chi connectivity index (χ1v) is 9.16. The lowest BCUT2D eigenvalue weighted by Crippen LogP contribution is -2.08. The molecule has 9 heteroatoms. The molecule has 25 heavy (non-hydrogen) atoms. The van der Waals surface area contributed by atoms with Crippen LogP contribution in [0.2, 0.25) is 0 Å². The zero-order chi connectivity index (χ0) is 17.4. The first kappa shape index (κ1) is 15.3. The minimum Gasteiger partial charge on any atom is -0.432 e. The molecule has 0 aliphatic rings. The summed E-state index contributed by atoms with van der Waals surface area (Å²) in [6.07, 6.45) is 10.6. The summed E-state index contributed by atoms with van der Waals surface area (Å²) >= 11 is 0. The van der Waals surface area contributed by atoms with Crippen molar-refractivity contribution in [1.29, 1.82) is 0 Å². The Labute approximate surface area is 143 Å². The predicted octanol–water partition coefficient (Wildman–Crippen LogP) is 2.64. The molecule has 0 fully saturated rings. The Morgan fingerprint density at radius 2 is 2.04 bits per heavy atom. The molecule has 0 unspecified atom stereocenters. The van der Waals surface area contributed by atoms with Crippen molar-refractivity contribution in [1.82, 2.24) is 18.9 Å². The highest BCUT2D eigenvalue weighted by Crippen LogP contribution is 2.30. The van der Waals surface area contributed by atoms with Gasteiger partial charge in [-0.3, -0.25) is 10.3 Å². The van der Waals surface area contributed by atoms with Gasteiger partial charge in [-0.05, 0) is 23.8 Å². The van der Waals surface area contributed by atoms with E-state index >= 15 is 0 Å². The summed E-state index contributed by atoms with van der Waals surface area (Å²) < 4.78 is 30.1. The average Bonchev–Trinajstić information content (AvgIpc) is 3.23. The van der Waals surface area contributed by atoms with Crippen molar-refractivity contribution in [3.05, 3.63) is 55.4 Å². The SMILES string of the molecule is CS(=O)(=O)n1ccc2c(-c3ccnc(Nc4ncco4)c3)cncc21. The van der Waals surface area contributed by atoms with Gasteiger partial charge in [0.1, 0.15) is 12.1 Å². The van der Waals surface area contributed by atoms with Crippen molar-refractivity contribution < 1.29 is 12.8 Å². The van der Waals surface area contributed by atoms with Gasteiger partial charge in [0, 0.05) is 29.5 Å². The maximum Gasteiger partial charge on any atom is 0.300 e. The van der Waals surface area contributed by atoms with Crippen molar-refractivity contribution in [2.75, 3.05) is 11.6 Å². The lowest BCUT2D eigenvalue weighted by Gasteiger charge is -2.07. The van der Waals surface area contributed by atoms with Gasteiger partial charge < -0.3 is 4.42 Å². The van der Waals surface area contributed by atoms with E-state index < -0.39 is 10.0 Å². The standard InChI is InChI=1S/C16H13N5O3S/c1-25(22,23)21-6-3-12-13(9-17-10-14(12)21)11-2-4-18-15(8-11)20-16-19-5-7-24-16/h2-10H,1H3,(H,18,19,20). The number of nitrogens with one attached hydrogen (secondary N) is 1. The number of rotatable bonds is 4. The Kier molecular flexibility index (Phi) is 3.50. The molecule has 0 aliphatic carbocycles. The normalized spacial score (nSPS) is 11.7. The third-order valence-corrected chi connectivity index (χ3v) is 4.71. The average molecular weight is 355 g/mol. The molecule has 0 aliphatic heterocycles. The number of oxazole rings is 1. The zero-order valence-corrected chi connectivity index (χ0v) is 13.9. The molecule has 0 spiro atoms. The Morgan fingerprint density at radius 1 is 1.16 bits per heavy atom. The summed E-state index contributed by atoms with van der Waals surface area (Å²) in [5.41, 5.74) is 2.17. The maximum atomic E-state index is 11.9. The highest BCUT2D eigenvalue weighted by Gasteiger charge is 2.14. The van der Waals surface area contributed by atoms with Crippen LogP contribution in [0.25, 0.3) is 22.0 Å². The molecule has 0 atom stereocenters. The van der Waals surface area contributed by atoms with Crippen LogP contribution in [0.4, 0.5) is 11.8 Å². The van der Waals surface area contributed by atoms with Crippen LogP contribution < -0.4 is 5.32 Å². The summed E-state index contributed by atoms with van der Waals surface area (Å²) in [5, 5.41) is 3.75. The summed E-state index contributed by atoms with van der Waals surface area (Å²) in [6, 6.07) is 5.74. The molecular weight excluding hydrogens is 342 g/mol. The molecule has 4 aromatic heterocycles. The van der Waals surface area contributed by atoms with Crippen LogP contribution >= 0.6 is 0 Å². The van der Waals surface area contributed by atoms with Crippen molar-refractivity contribution in [2.24, 2.45) is 0 Å². The van der Waals surface area contributed by atoms with Gasteiger partial charge in [0.15, 0.2) is 0 Å². The molecule has 0 saturated carbocycles. The largest absolute Gasteiger partial charge is 0.432 e. The van der Waals surface area contributed by atoms with Crippen LogP contribution in [0.3, 0.4) is 0 Å². The number of fused-ring (bicyclic) bond motifs is 1. The molecule has 4 rings (SSSR count). The smallest absolute Gasteiger partial charge is 0.300 e. The first-order valence-electron chi connectivity index (χ1n) is 7.31. The number of anilines is 2. The van der Waals surface area contributed by atoms with Crippen molar-refractivity contribution in [3.8, 4) is 11.1 Å². The molecule has 1 N–H and O–H groups in total. The summed E-state index contributed by atoms with van der Waals surface area (Å²) in [5.74, 6) is 0.555. The van der Waals surface area contributed by atoms with E-state index in [1.54, 1.807) is 18.5 Å². The molecule has 0 amide bonds. The van der Waals surface area contributed by atoms with Crippen molar-refractivity contribution >= 4 is 32.8 Å². The van der Waals surface area contributed by atoms with Crippen LogP contribution in [0.15, 0.2) is 59.9 Å². The highest BCUT2D eigenvalue weighted by molar-refractivity contribution is 7.89. The van der Waals surface area contributed by atoms with Crippen LogP contribution in [-0.4, -0.2) is 33.6 Å². The zero-order valence-electron chi connectivity index (χ0n) is 13.1. The van der Waals surface area contributed by atoms with Crippen LogP contribution in [0.5, 0.6) is 0 Å². The fourth-order valence-electron chi connectivity index (χ4n) is 2.61. The number of nitrogens with zero attached hydrogens (tertiary/aromatic N) is 4. The molecule has 4 heterocycles. The van der Waals surface area contributed by atoms with E-state index in [1.165, 1.54) is 28.8 Å². The van der Waals surface area contributed by atoms with Gasteiger partial charge in [-0.2, -0.15) is 0 Å². The van der Waals surface area contributed by atoms with Crippen molar-refractivity contribution in [2.45, 2.75) is 0 Å². The quantitative estimate of drug-likeness (QED) is 0.600. The van der Waals surface area contributed by atoms with Crippen molar-refractivity contribution in [3.63, 3.8) is 0 Å². The monoisotopic (exact) mass is 355 g/mol. The molecule has 0 bridgehead atoms. The number of pyridine rings is 2. The van der Waals surface area contributed by atoms with Gasteiger partial charge >= 0.3 is 0 Å². The fourth-order valence-corrected chi connectivity index (χ4v) is 3.40. The van der Waals surface area contributed by atoms with Crippen LogP contribution in [0, 0.1) is 0 Å². The minimum absolute atomic E-state index is 0.337. The second kappa shape index (κ2) is 5.71. The third-order valence-electron chi connectivity index (χ3n) is 3.68. The molecule has 126 valence electrons. The fraction of sp³-hybridized carbons (Fsp3) is 0.0625. The summed E-state index contributed by atoms with van der Waals surface area (Å²) in [7, 11) is -3.40. The minimum atomic E-state index is -3.40. The second-order valence-electron chi connectivity index (χ2n) is 5.39. The van der Waals surface area contributed by atoms with E-state index in [0.717, 1.165) is 22.8 Å². The molecule has 4 aromatic rings. The van der Waals surface area contributed by atoms with Gasteiger partial charge in [0.25, 0.3) is 6.01 Å². The van der Waals surface area contributed by atoms with Gasteiger partial charge in [-0.1, -0.05) is 0 Å². The number of hydrogen-bond acceptors (Lipinski definition) is 7. The topological polar surface area (TPSA) is 103 Å². The lowest BCUT2D eigenvalue weighted by atomic mass is 10.1. The highest BCUT2D eigenvalue weighted by atomic mass is 32.2. The van der Waals surface area contributed by atoms with Crippen LogP contribution in [0.1, 0.15) is 0 Å². The van der Waals surface area contributed by atoms with E-state index in [0.29, 0.717) is 17.3 Å². The third kappa shape index (κ3) is 2.85. The second-order valence-corrected chi connectivity index (χ2v) is 7.25. The molecular formula is C16H13N5O3S. The van der Waals surface area contributed by atoms with Crippen LogP contribution in [-0.2, 0) is 10.0 Å².